The SMILES string of the molecule is Cc1nc2ccccc2c(=O)n1CC(=O)Nc1cccc(CN2C(=O)CNC2=O)c1. The smallest absolute Gasteiger partial charge is 0.324 e. The van der Waals surface area contributed by atoms with Crippen LogP contribution in [0.3, 0.4) is 0 Å². The van der Waals surface area contributed by atoms with E-state index in [9.17, 15) is 19.2 Å². The van der Waals surface area contributed by atoms with Gasteiger partial charge < -0.3 is 10.6 Å². The van der Waals surface area contributed by atoms with Crippen LogP contribution in [0.2, 0.25) is 0 Å². The monoisotopic (exact) mass is 405 g/mol. The van der Waals surface area contributed by atoms with Gasteiger partial charge in [-0.1, -0.05) is 24.3 Å². The number of para-hydroxylation sites is 1. The number of anilines is 1. The van der Waals surface area contributed by atoms with E-state index in [1.54, 1.807) is 55.5 Å². The first-order valence-corrected chi connectivity index (χ1v) is 9.35. The predicted molar refractivity (Wildman–Crippen MR) is 110 cm³/mol. The van der Waals surface area contributed by atoms with Crippen molar-refractivity contribution in [1.82, 2.24) is 19.8 Å². The van der Waals surface area contributed by atoms with Crippen LogP contribution in [0.15, 0.2) is 53.3 Å². The first kappa shape index (κ1) is 19.3. The summed E-state index contributed by atoms with van der Waals surface area (Å²) >= 11 is 0. The van der Waals surface area contributed by atoms with Crippen LogP contribution in [0, 0.1) is 6.92 Å². The zero-order valence-corrected chi connectivity index (χ0v) is 16.2. The quantitative estimate of drug-likeness (QED) is 0.623. The van der Waals surface area contributed by atoms with Crippen LogP contribution in [0.1, 0.15) is 11.4 Å². The normalized spacial score (nSPS) is 13.6. The molecular weight excluding hydrogens is 386 g/mol. The molecule has 0 unspecified atom stereocenters. The van der Waals surface area contributed by atoms with Crippen molar-refractivity contribution in [3.8, 4) is 0 Å². The Labute approximate surface area is 171 Å². The number of fused-ring (bicyclic) bond motifs is 1. The lowest BCUT2D eigenvalue weighted by molar-refractivity contribution is -0.125. The van der Waals surface area contributed by atoms with Gasteiger partial charge in [0, 0.05) is 5.69 Å². The first-order valence-electron chi connectivity index (χ1n) is 9.35. The Hall–Kier alpha value is -4.01. The summed E-state index contributed by atoms with van der Waals surface area (Å²) in [6, 6.07) is 13.4. The van der Waals surface area contributed by atoms with Gasteiger partial charge in [0.05, 0.1) is 24.0 Å². The molecule has 30 heavy (non-hydrogen) atoms. The van der Waals surface area contributed by atoms with E-state index in [0.29, 0.717) is 28.0 Å². The number of carbonyl (C=O) groups excluding carboxylic acids is 3. The highest BCUT2D eigenvalue weighted by Gasteiger charge is 2.28. The Morgan fingerprint density at radius 1 is 1.13 bits per heavy atom. The molecule has 2 heterocycles. The first-order chi connectivity index (χ1) is 14.4. The van der Waals surface area contributed by atoms with Crippen molar-refractivity contribution >= 4 is 34.4 Å². The van der Waals surface area contributed by atoms with Crippen molar-refractivity contribution in [3.05, 3.63) is 70.3 Å². The van der Waals surface area contributed by atoms with Gasteiger partial charge in [0.2, 0.25) is 11.8 Å². The highest BCUT2D eigenvalue weighted by Crippen LogP contribution is 2.15. The summed E-state index contributed by atoms with van der Waals surface area (Å²) in [5.41, 5.74) is 1.51. The van der Waals surface area contributed by atoms with Crippen molar-refractivity contribution < 1.29 is 14.4 Å². The van der Waals surface area contributed by atoms with E-state index in [1.165, 1.54) is 4.57 Å². The molecule has 9 heteroatoms. The number of hydrogen-bond acceptors (Lipinski definition) is 5. The lowest BCUT2D eigenvalue weighted by atomic mass is 10.2. The Morgan fingerprint density at radius 3 is 2.70 bits per heavy atom. The topological polar surface area (TPSA) is 113 Å². The summed E-state index contributed by atoms with van der Waals surface area (Å²) in [7, 11) is 0. The Balaban J connectivity index is 1.50. The highest BCUT2D eigenvalue weighted by atomic mass is 16.2. The summed E-state index contributed by atoms with van der Waals surface area (Å²) in [5.74, 6) is -0.237. The molecule has 2 N–H and O–H groups in total. The highest BCUT2D eigenvalue weighted by molar-refractivity contribution is 6.01. The van der Waals surface area contributed by atoms with Crippen LogP contribution in [0.25, 0.3) is 10.9 Å². The zero-order chi connectivity index (χ0) is 21.3. The number of amides is 4. The second kappa shape index (κ2) is 7.78. The fourth-order valence-corrected chi connectivity index (χ4v) is 3.35. The third-order valence-electron chi connectivity index (χ3n) is 4.84. The lowest BCUT2D eigenvalue weighted by Gasteiger charge is -2.14. The number of hydrogen-bond donors (Lipinski definition) is 2. The van der Waals surface area contributed by atoms with E-state index >= 15 is 0 Å². The second-order valence-corrected chi connectivity index (χ2v) is 6.95. The summed E-state index contributed by atoms with van der Waals surface area (Å²) in [6.07, 6.45) is 0. The van der Waals surface area contributed by atoms with Gasteiger partial charge in [0.15, 0.2) is 0 Å². The maximum atomic E-state index is 12.7. The number of urea groups is 1. The number of aryl methyl sites for hydroxylation is 1. The van der Waals surface area contributed by atoms with Gasteiger partial charge in [0.1, 0.15) is 12.4 Å². The predicted octanol–water partition coefficient (Wildman–Crippen LogP) is 1.40. The number of rotatable bonds is 5. The summed E-state index contributed by atoms with van der Waals surface area (Å²) < 4.78 is 1.33. The molecule has 1 aromatic heterocycles. The molecule has 0 bridgehead atoms. The summed E-state index contributed by atoms with van der Waals surface area (Å²) in [4.78, 5) is 54.2. The molecule has 1 aliphatic rings. The fourth-order valence-electron chi connectivity index (χ4n) is 3.35. The number of carbonyl (C=O) groups is 3. The maximum absolute atomic E-state index is 12.7. The van der Waals surface area contributed by atoms with E-state index in [1.807, 2.05) is 0 Å². The molecule has 4 amide bonds. The van der Waals surface area contributed by atoms with Gasteiger partial charge in [-0.3, -0.25) is 23.9 Å². The standard InChI is InChI=1S/C21H19N5O4/c1-13-23-17-8-3-2-7-16(17)20(29)25(13)12-18(27)24-15-6-4-5-14(9-15)11-26-19(28)10-22-21(26)30/h2-9H,10-12H2,1H3,(H,22,30)(H,24,27). The van der Waals surface area contributed by atoms with Crippen molar-refractivity contribution in [3.63, 3.8) is 0 Å². The van der Waals surface area contributed by atoms with Crippen molar-refractivity contribution in [2.75, 3.05) is 11.9 Å². The molecule has 9 nitrogen and oxygen atoms in total. The van der Waals surface area contributed by atoms with E-state index in [-0.39, 0.29) is 37.0 Å². The average Bonchev–Trinajstić information content (AvgIpc) is 3.03. The van der Waals surface area contributed by atoms with Gasteiger partial charge in [-0.15, -0.1) is 0 Å². The molecule has 152 valence electrons. The van der Waals surface area contributed by atoms with Gasteiger partial charge >= 0.3 is 6.03 Å². The molecule has 0 aliphatic carbocycles. The molecule has 4 rings (SSSR count). The Kier molecular flexibility index (Phi) is 5.01. The van der Waals surface area contributed by atoms with Crippen LogP contribution >= 0.6 is 0 Å². The van der Waals surface area contributed by atoms with E-state index in [0.717, 1.165) is 4.90 Å². The second-order valence-electron chi connectivity index (χ2n) is 6.95. The molecule has 1 fully saturated rings. The number of nitrogens with zero attached hydrogens (tertiary/aromatic N) is 3. The van der Waals surface area contributed by atoms with Crippen LogP contribution in [0.5, 0.6) is 0 Å². The molecule has 1 aliphatic heterocycles. The molecule has 2 aromatic carbocycles. The van der Waals surface area contributed by atoms with Crippen LogP contribution in [-0.2, 0) is 22.7 Å². The minimum atomic E-state index is -0.437. The number of aromatic nitrogens is 2. The van der Waals surface area contributed by atoms with Gasteiger partial charge in [-0.05, 0) is 36.8 Å². The number of nitrogens with one attached hydrogen (secondary N) is 2. The fraction of sp³-hybridized carbons (Fsp3) is 0.190. The number of benzene rings is 2. The minimum Gasteiger partial charge on any atom is -0.329 e. The molecule has 0 radical (unpaired) electrons. The van der Waals surface area contributed by atoms with E-state index in [4.69, 9.17) is 0 Å². The molecule has 0 spiro atoms. The van der Waals surface area contributed by atoms with Crippen molar-refractivity contribution in [1.29, 1.82) is 0 Å². The largest absolute Gasteiger partial charge is 0.329 e. The van der Waals surface area contributed by atoms with E-state index in [2.05, 4.69) is 15.6 Å². The molecule has 0 atom stereocenters. The summed E-state index contributed by atoms with van der Waals surface area (Å²) in [5, 5.41) is 5.67. The Bertz CT molecular complexity index is 1220. The zero-order valence-electron chi connectivity index (χ0n) is 16.2. The average molecular weight is 405 g/mol. The van der Waals surface area contributed by atoms with Crippen molar-refractivity contribution in [2.24, 2.45) is 0 Å². The van der Waals surface area contributed by atoms with Gasteiger partial charge in [0.25, 0.3) is 5.56 Å². The lowest BCUT2D eigenvalue weighted by Crippen LogP contribution is -2.31. The van der Waals surface area contributed by atoms with Crippen LogP contribution in [0.4, 0.5) is 10.5 Å². The maximum Gasteiger partial charge on any atom is 0.324 e. The molecule has 0 saturated carbocycles. The summed E-state index contributed by atoms with van der Waals surface area (Å²) in [6.45, 7) is 1.60. The van der Waals surface area contributed by atoms with Crippen LogP contribution in [-0.4, -0.2) is 38.8 Å². The van der Waals surface area contributed by atoms with Crippen molar-refractivity contribution in [2.45, 2.75) is 20.0 Å². The van der Waals surface area contributed by atoms with Gasteiger partial charge in [-0.2, -0.15) is 0 Å². The van der Waals surface area contributed by atoms with Crippen LogP contribution < -0.4 is 16.2 Å². The number of imide groups is 1. The van der Waals surface area contributed by atoms with Gasteiger partial charge in [-0.25, -0.2) is 9.78 Å². The molecule has 3 aromatic rings. The van der Waals surface area contributed by atoms with E-state index < -0.39 is 6.03 Å². The third kappa shape index (κ3) is 3.77. The Morgan fingerprint density at radius 2 is 1.93 bits per heavy atom. The molecular formula is C21H19N5O4. The minimum absolute atomic E-state index is 0.0108. The molecule has 1 saturated heterocycles. The third-order valence-corrected chi connectivity index (χ3v) is 4.84.